The van der Waals surface area contributed by atoms with Crippen LogP contribution in [0.4, 0.5) is 4.79 Å². The molecule has 0 aromatic carbocycles. The first-order chi connectivity index (χ1) is 26.4. The normalized spacial score (nSPS) is 12.0. The molecule has 10 nitrogen and oxygen atoms in total. The van der Waals surface area contributed by atoms with E-state index >= 15 is 0 Å². The van der Waals surface area contributed by atoms with E-state index < -0.39 is 12.3 Å². The largest absolute Gasteiger partial charge is 0.508 e. The topological polar surface area (TPSA) is 110 Å². The monoisotopic (exact) mass is 772 g/mol. The summed E-state index contributed by atoms with van der Waals surface area (Å²) in [4.78, 5) is 39.5. The average Bonchev–Trinajstić information content (AvgIpc) is 3.16. The molecular weight excluding hydrogens is 686 g/mol. The maximum atomic E-state index is 12.6. The first-order valence-corrected chi connectivity index (χ1v) is 22.5. The van der Waals surface area contributed by atoms with Crippen molar-refractivity contribution < 1.29 is 42.8 Å². The fraction of sp³-hybridized carbons (Fsp3) is 0.932. The van der Waals surface area contributed by atoms with Gasteiger partial charge in [0.2, 0.25) is 0 Å². The summed E-state index contributed by atoms with van der Waals surface area (Å²) in [5.41, 5.74) is 0. The molecule has 0 rings (SSSR count). The van der Waals surface area contributed by atoms with Gasteiger partial charge in [-0.3, -0.25) is 9.59 Å². The van der Waals surface area contributed by atoms with Crippen LogP contribution in [-0.2, 0) is 38.0 Å². The van der Waals surface area contributed by atoms with Gasteiger partial charge in [0, 0.05) is 39.0 Å². The molecule has 0 saturated carbocycles. The van der Waals surface area contributed by atoms with Crippen LogP contribution in [0.3, 0.4) is 0 Å². The van der Waals surface area contributed by atoms with Crippen LogP contribution < -0.4 is 0 Å². The molecule has 54 heavy (non-hydrogen) atoms. The number of carbonyl (C=O) groups is 3. The van der Waals surface area contributed by atoms with E-state index in [0.29, 0.717) is 51.7 Å². The quantitative estimate of drug-likeness (QED) is 0.0258. The van der Waals surface area contributed by atoms with Gasteiger partial charge in [-0.1, -0.05) is 125 Å². The van der Waals surface area contributed by atoms with Crippen LogP contribution in [0, 0.1) is 0 Å². The molecule has 0 aromatic heterocycles. The third kappa shape index (κ3) is 35.8. The standard InChI is InChI=1S/C44H85NO9/c1-6-11-14-17-20-25-35-51-43(52-36-26-21-18-15-12-7-2)32-24-23-31-42(47)50-39-33-40(54-44(48)53-38-28-34-45(9-4)10-5)29-27-37-49-41(46)30-22-19-16-13-8-3/h40,43H,6-39H2,1-5H3. The lowest BCUT2D eigenvalue weighted by atomic mass is 10.1. The van der Waals surface area contributed by atoms with Crippen molar-refractivity contribution in [3.8, 4) is 0 Å². The van der Waals surface area contributed by atoms with Crippen LogP contribution in [0.5, 0.6) is 0 Å². The molecule has 1 unspecified atom stereocenters. The average molecular weight is 772 g/mol. The van der Waals surface area contributed by atoms with Gasteiger partial charge in [0.15, 0.2) is 6.29 Å². The Kier molecular flexibility index (Phi) is 39.3. The Morgan fingerprint density at radius 1 is 0.444 bits per heavy atom. The van der Waals surface area contributed by atoms with Gasteiger partial charge in [-0.15, -0.1) is 0 Å². The van der Waals surface area contributed by atoms with Gasteiger partial charge in [-0.2, -0.15) is 0 Å². The second kappa shape index (κ2) is 40.7. The zero-order chi connectivity index (χ0) is 39.7. The lowest BCUT2D eigenvalue weighted by molar-refractivity contribution is -0.150. The van der Waals surface area contributed by atoms with Gasteiger partial charge >= 0.3 is 18.1 Å². The number of hydrogen-bond acceptors (Lipinski definition) is 10. The molecule has 0 bridgehead atoms. The van der Waals surface area contributed by atoms with Crippen molar-refractivity contribution in [2.75, 3.05) is 52.7 Å². The van der Waals surface area contributed by atoms with Crippen LogP contribution in [0.2, 0.25) is 0 Å². The van der Waals surface area contributed by atoms with E-state index in [9.17, 15) is 14.4 Å². The molecule has 0 aliphatic heterocycles. The van der Waals surface area contributed by atoms with E-state index in [2.05, 4.69) is 39.5 Å². The predicted octanol–water partition coefficient (Wildman–Crippen LogP) is 11.5. The molecule has 0 saturated heterocycles. The first kappa shape index (κ1) is 52.1. The van der Waals surface area contributed by atoms with E-state index in [4.69, 9.17) is 28.4 Å². The number of rotatable bonds is 41. The second-order valence-corrected chi connectivity index (χ2v) is 14.7. The summed E-state index contributed by atoms with van der Waals surface area (Å²) in [6.07, 6.45) is 23.7. The second-order valence-electron chi connectivity index (χ2n) is 14.7. The van der Waals surface area contributed by atoms with Crippen molar-refractivity contribution in [3.63, 3.8) is 0 Å². The third-order valence-electron chi connectivity index (χ3n) is 9.79. The van der Waals surface area contributed by atoms with E-state index in [1.807, 2.05) is 0 Å². The first-order valence-electron chi connectivity index (χ1n) is 22.5. The Hall–Kier alpha value is -1.91. The fourth-order valence-electron chi connectivity index (χ4n) is 6.22. The molecule has 1 atom stereocenters. The minimum Gasteiger partial charge on any atom is -0.466 e. The lowest BCUT2D eigenvalue weighted by Crippen LogP contribution is -2.26. The highest BCUT2D eigenvalue weighted by atomic mass is 16.7. The summed E-state index contributed by atoms with van der Waals surface area (Å²) in [5, 5.41) is 0. The Morgan fingerprint density at radius 3 is 1.48 bits per heavy atom. The number of unbranched alkanes of at least 4 members (excludes halogenated alkanes) is 15. The SMILES string of the molecule is CCCCCCCCOC(CCCCC(=O)OCCC(CCCOC(=O)CCCCCCC)OC(=O)OCCCN(CC)CC)OCCCCCCCC. The van der Waals surface area contributed by atoms with Crippen molar-refractivity contribution in [1.29, 1.82) is 0 Å². The minimum atomic E-state index is -0.720. The van der Waals surface area contributed by atoms with Crippen molar-refractivity contribution in [2.45, 2.75) is 214 Å². The van der Waals surface area contributed by atoms with E-state index in [-0.39, 0.29) is 38.0 Å². The van der Waals surface area contributed by atoms with Crippen LogP contribution in [-0.4, -0.2) is 88.1 Å². The predicted molar refractivity (Wildman–Crippen MR) is 219 cm³/mol. The number of ether oxygens (including phenoxy) is 6. The lowest BCUT2D eigenvalue weighted by Gasteiger charge is -2.19. The summed E-state index contributed by atoms with van der Waals surface area (Å²) in [5.74, 6) is -0.455. The Labute approximate surface area is 331 Å². The highest BCUT2D eigenvalue weighted by Gasteiger charge is 2.18. The van der Waals surface area contributed by atoms with Gasteiger partial charge in [-0.05, 0) is 70.9 Å². The zero-order valence-electron chi connectivity index (χ0n) is 35.8. The highest BCUT2D eigenvalue weighted by molar-refractivity contribution is 5.69. The van der Waals surface area contributed by atoms with E-state index in [1.54, 1.807) is 0 Å². The van der Waals surface area contributed by atoms with Gasteiger partial charge < -0.3 is 33.3 Å². The molecular formula is C44H85NO9. The van der Waals surface area contributed by atoms with Crippen LogP contribution >= 0.6 is 0 Å². The third-order valence-corrected chi connectivity index (χ3v) is 9.79. The maximum Gasteiger partial charge on any atom is 0.508 e. The summed E-state index contributed by atoms with van der Waals surface area (Å²) in [6, 6.07) is 0. The van der Waals surface area contributed by atoms with Gasteiger partial charge in [-0.25, -0.2) is 4.79 Å². The fourth-order valence-corrected chi connectivity index (χ4v) is 6.22. The number of nitrogens with zero attached hydrogens (tertiary/aromatic N) is 1. The van der Waals surface area contributed by atoms with Crippen molar-refractivity contribution in [3.05, 3.63) is 0 Å². The summed E-state index contributed by atoms with van der Waals surface area (Å²) in [7, 11) is 0. The Bertz CT molecular complexity index is 821. The Balaban J connectivity index is 4.67. The molecule has 0 radical (unpaired) electrons. The van der Waals surface area contributed by atoms with E-state index in [1.165, 1.54) is 77.0 Å². The van der Waals surface area contributed by atoms with Crippen LogP contribution in [0.15, 0.2) is 0 Å². The van der Waals surface area contributed by atoms with E-state index in [0.717, 1.165) is 71.0 Å². The molecule has 0 heterocycles. The summed E-state index contributed by atoms with van der Waals surface area (Å²) < 4.78 is 34.2. The van der Waals surface area contributed by atoms with Crippen molar-refractivity contribution in [2.24, 2.45) is 0 Å². The molecule has 10 heteroatoms. The molecule has 0 spiro atoms. The van der Waals surface area contributed by atoms with Crippen LogP contribution in [0.1, 0.15) is 202 Å². The van der Waals surface area contributed by atoms with Gasteiger partial charge in [0.05, 0.1) is 19.8 Å². The summed E-state index contributed by atoms with van der Waals surface area (Å²) in [6.45, 7) is 15.7. The number of hydrogen-bond donors (Lipinski definition) is 0. The maximum absolute atomic E-state index is 12.6. The molecule has 0 aromatic rings. The molecule has 0 aliphatic carbocycles. The molecule has 0 N–H and O–H groups in total. The minimum absolute atomic E-state index is 0.141. The zero-order valence-corrected chi connectivity index (χ0v) is 35.8. The van der Waals surface area contributed by atoms with Crippen molar-refractivity contribution >= 4 is 18.1 Å². The molecule has 320 valence electrons. The van der Waals surface area contributed by atoms with Gasteiger partial charge in [0.1, 0.15) is 6.10 Å². The molecule has 0 amide bonds. The molecule has 0 fully saturated rings. The van der Waals surface area contributed by atoms with Crippen LogP contribution in [0.25, 0.3) is 0 Å². The number of esters is 2. The Morgan fingerprint density at radius 2 is 0.926 bits per heavy atom. The molecule has 0 aliphatic rings. The van der Waals surface area contributed by atoms with Crippen molar-refractivity contribution in [1.82, 2.24) is 4.90 Å². The highest BCUT2D eigenvalue weighted by Crippen LogP contribution is 2.15. The number of carbonyl (C=O) groups excluding carboxylic acids is 3. The summed E-state index contributed by atoms with van der Waals surface area (Å²) >= 11 is 0. The van der Waals surface area contributed by atoms with Gasteiger partial charge in [0.25, 0.3) is 0 Å². The smallest absolute Gasteiger partial charge is 0.466 e.